The average Bonchev–Trinajstić information content (AvgIpc) is 2.55. The molecule has 0 spiro atoms. The van der Waals surface area contributed by atoms with E-state index in [2.05, 4.69) is 18.7 Å². The predicted octanol–water partition coefficient (Wildman–Crippen LogP) is 2.00. The van der Waals surface area contributed by atoms with Crippen LogP contribution in [0.2, 0.25) is 0 Å². The summed E-state index contributed by atoms with van der Waals surface area (Å²) in [6.45, 7) is 8.51. The van der Waals surface area contributed by atoms with E-state index in [-0.39, 0.29) is 5.54 Å². The van der Waals surface area contributed by atoms with Gasteiger partial charge in [-0.1, -0.05) is 19.8 Å². The minimum Gasteiger partial charge on any atom is -0.377 e. The Kier molecular flexibility index (Phi) is 4.45. The fourth-order valence-electron chi connectivity index (χ4n) is 3.70. The maximum absolute atomic E-state index is 6.17. The Bertz CT molecular complexity index is 246. The Morgan fingerprint density at radius 2 is 2.12 bits per heavy atom. The van der Waals surface area contributed by atoms with E-state index in [0.29, 0.717) is 6.10 Å². The van der Waals surface area contributed by atoms with Crippen molar-refractivity contribution in [2.75, 3.05) is 26.2 Å². The van der Waals surface area contributed by atoms with Gasteiger partial charge in [0.1, 0.15) is 0 Å². The van der Waals surface area contributed by atoms with Crippen LogP contribution in [0, 0.1) is 5.92 Å². The van der Waals surface area contributed by atoms with Gasteiger partial charge in [0, 0.05) is 31.8 Å². The maximum atomic E-state index is 6.17. The van der Waals surface area contributed by atoms with Crippen molar-refractivity contribution >= 4 is 0 Å². The zero-order chi connectivity index (χ0) is 12.3. The largest absolute Gasteiger partial charge is 0.377 e. The quantitative estimate of drug-likeness (QED) is 0.802. The van der Waals surface area contributed by atoms with Gasteiger partial charge in [0.2, 0.25) is 0 Å². The summed E-state index contributed by atoms with van der Waals surface area (Å²) in [5, 5.41) is 0. The second kappa shape index (κ2) is 5.68. The predicted molar refractivity (Wildman–Crippen MR) is 71.0 cm³/mol. The smallest absolute Gasteiger partial charge is 0.0674 e. The maximum Gasteiger partial charge on any atom is 0.0674 e. The molecule has 3 nitrogen and oxygen atoms in total. The van der Waals surface area contributed by atoms with E-state index in [4.69, 9.17) is 10.5 Å². The molecule has 0 aromatic rings. The monoisotopic (exact) mass is 240 g/mol. The standard InChI is InChI=1S/C14H28N2O/c1-12-6-3-4-7-14(12,11-15)16-8-5-9-17-13(2)10-16/h12-13H,3-11,15H2,1-2H3. The summed E-state index contributed by atoms with van der Waals surface area (Å²) in [5.74, 6) is 0.728. The van der Waals surface area contributed by atoms with Crippen molar-refractivity contribution in [2.45, 2.75) is 57.6 Å². The molecule has 0 aromatic heterocycles. The topological polar surface area (TPSA) is 38.5 Å². The van der Waals surface area contributed by atoms with Crippen LogP contribution in [0.25, 0.3) is 0 Å². The molecule has 0 aromatic carbocycles. The van der Waals surface area contributed by atoms with Crippen molar-refractivity contribution in [1.29, 1.82) is 0 Å². The van der Waals surface area contributed by atoms with Crippen LogP contribution in [0.5, 0.6) is 0 Å². The fourth-order valence-corrected chi connectivity index (χ4v) is 3.70. The van der Waals surface area contributed by atoms with E-state index in [9.17, 15) is 0 Å². The van der Waals surface area contributed by atoms with Crippen molar-refractivity contribution in [3.63, 3.8) is 0 Å². The molecule has 2 aliphatic rings. The van der Waals surface area contributed by atoms with E-state index >= 15 is 0 Å². The van der Waals surface area contributed by atoms with Gasteiger partial charge in [0.25, 0.3) is 0 Å². The van der Waals surface area contributed by atoms with Crippen molar-refractivity contribution < 1.29 is 4.74 Å². The van der Waals surface area contributed by atoms with Crippen LogP contribution in [0.4, 0.5) is 0 Å². The fraction of sp³-hybridized carbons (Fsp3) is 1.00. The summed E-state index contributed by atoms with van der Waals surface area (Å²) in [6, 6.07) is 0. The molecule has 3 unspecified atom stereocenters. The van der Waals surface area contributed by atoms with Crippen LogP contribution < -0.4 is 5.73 Å². The van der Waals surface area contributed by atoms with Crippen LogP contribution in [-0.4, -0.2) is 42.8 Å². The molecule has 0 bridgehead atoms. The summed E-state index contributed by atoms with van der Waals surface area (Å²) in [7, 11) is 0. The van der Waals surface area contributed by atoms with Gasteiger partial charge in [-0.2, -0.15) is 0 Å². The number of nitrogens with two attached hydrogens (primary N) is 1. The van der Waals surface area contributed by atoms with Crippen LogP contribution in [0.1, 0.15) is 46.0 Å². The molecule has 2 rings (SSSR count). The Balaban J connectivity index is 2.14. The molecule has 1 heterocycles. The molecule has 1 aliphatic heterocycles. The highest BCUT2D eigenvalue weighted by Crippen LogP contribution is 2.38. The van der Waals surface area contributed by atoms with Crippen molar-refractivity contribution in [3.05, 3.63) is 0 Å². The molecule has 3 heteroatoms. The lowest BCUT2D eigenvalue weighted by Gasteiger charge is -2.50. The van der Waals surface area contributed by atoms with Gasteiger partial charge >= 0.3 is 0 Å². The van der Waals surface area contributed by atoms with Gasteiger partial charge in [-0.25, -0.2) is 0 Å². The molecule has 1 saturated carbocycles. The third kappa shape index (κ3) is 2.67. The van der Waals surface area contributed by atoms with Crippen LogP contribution >= 0.6 is 0 Å². The molecule has 1 aliphatic carbocycles. The highest BCUT2D eigenvalue weighted by atomic mass is 16.5. The van der Waals surface area contributed by atoms with E-state index in [1.807, 2.05) is 0 Å². The average molecular weight is 240 g/mol. The third-order valence-corrected chi connectivity index (χ3v) is 4.85. The molecule has 0 radical (unpaired) electrons. The molecular formula is C14H28N2O. The van der Waals surface area contributed by atoms with Crippen LogP contribution in [0.3, 0.4) is 0 Å². The summed E-state index contributed by atoms with van der Waals surface area (Å²) in [6.07, 6.45) is 6.84. The first kappa shape index (κ1) is 13.3. The Hall–Kier alpha value is -0.120. The molecule has 3 atom stereocenters. The SMILES string of the molecule is CC1CN(C2(CN)CCCCC2C)CCCO1. The van der Waals surface area contributed by atoms with Gasteiger partial charge in [0.05, 0.1) is 6.10 Å². The molecule has 2 N–H and O–H groups in total. The van der Waals surface area contributed by atoms with Gasteiger partial charge < -0.3 is 10.5 Å². The van der Waals surface area contributed by atoms with Crippen LogP contribution in [-0.2, 0) is 4.74 Å². The first-order chi connectivity index (χ1) is 8.19. The van der Waals surface area contributed by atoms with Gasteiger partial charge in [-0.15, -0.1) is 0 Å². The number of rotatable bonds is 2. The first-order valence-electron chi connectivity index (χ1n) is 7.26. The zero-order valence-electron chi connectivity index (χ0n) is 11.5. The zero-order valence-corrected chi connectivity index (χ0v) is 11.5. The molecule has 17 heavy (non-hydrogen) atoms. The molecule has 0 amide bonds. The summed E-state index contributed by atoms with van der Waals surface area (Å²) < 4.78 is 5.77. The molecule has 2 fully saturated rings. The van der Waals surface area contributed by atoms with E-state index in [0.717, 1.165) is 38.6 Å². The Morgan fingerprint density at radius 1 is 1.29 bits per heavy atom. The lowest BCUT2D eigenvalue weighted by molar-refractivity contribution is -0.00670. The Morgan fingerprint density at radius 3 is 2.82 bits per heavy atom. The lowest BCUT2D eigenvalue weighted by Crippen LogP contribution is -2.60. The Labute approximate surface area is 106 Å². The van der Waals surface area contributed by atoms with Gasteiger partial charge in [-0.05, 0) is 32.1 Å². The second-order valence-corrected chi connectivity index (χ2v) is 5.94. The van der Waals surface area contributed by atoms with Gasteiger partial charge in [0.15, 0.2) is 0 Å². The minimum atomic E-state index is 0.250. The van der Waals surface area contributed by atoms with E-state index in [1.165, 1.54) is 25.7 Å². The van der Waals surface area contributed by atoms with E-state index < -0.39 is 0 Å². The van der Waals surface area contributed by atoms with Crippen molar-refractivity contribution in [2.24, 2.45) is 11.7 Å². The number of hydrogen-bond acceptors (Lipinski definition) is 3. The summed E-state index contributed by atoms with van der Waals surface area (Å²) in [4.78, 5) is 2.65. The number of hydrogen-bond donors (Lipinski definition) is 1. The number of nitrogens with zero attached hydrogens (tertiary/aromatic N) is 1. The summed E-state index contributed by atoms with van der Waals surface area (Å²) >= 11 is 0. The highest BCUT2D eigenvalue weighted by molar-refractivity contribution is 4.99. The number of ether oxygens (including phenoxy) is 1. The molecular weight excluding hydrogens is 212 g/mol. The van der Waals surface area contributed by atoms with Gasteiger partial charge in [-0.3, -0.25) is 4.90 Å². The van der Waals surface area contributed by atoms with Crippen molar-refractivity contribution in [1.82, 2.24) is 4.90 Å². The summed E-state index contributed by atoms with van der Waals surface area (Å²) in [5.41, 5.74) is 6.42. The second-order valence-electron chi connectivity index (χ2n) is 5.94. The minimum absolute atomic E-state index is 0.250. The molecule has 100 valence electrons. The first-order valence-corrected chi connectivity index (χ1v) is 7.26. The van der Waals surface area contributed by atoms with E-state index in [1.54, 1.807) is 0 Å². The van der Waals surface area contributed by atoms with Crippen LogP contribution in [0.15, 0.2) is 0 Å². The lowest BCUT2D eigenvalue weighted by atomic mass is 9.72. The van der Waals surface area contributed by atoms with Crippen molar-refractivity contribution in [3.8, 4) is 0 Å². The normalized spacial score (nSPS) is 41.1. The molecule has 1 saturated heterocycles. The highest BCUT2D eigenvalue weighted by Gasteiger charge is 2.42. The third-order valence-electron chi connectivity index (χ3n) is 4.85.